The molecule has 5 nitrogen and oxygen atoms in total. The molecule has 0 aliphatic carbocycles. The van der Waals surface area contributed by atoms with Gasteiger partial charge in [0, 0.05) is 13.1 Å². The highest BCUT2D eigenvalue weighted by molar-refractivity contribution is 5.24. The predicted octanol–water partition coefficient (Wildman–Crippen LogP) is 2.22. The summed E-state index contributed by atoms with van der Waals surface area (Å²) in [5.74, 6) is 1.19. The fourth-order valence-electron chi connectivity index (χ4n) is 1.56. The Morgan fingerprint density at radius 1 is 1.24 bits per heavy atom. The Kier molecular flexibility index (Phi) is 4.93. The average Bonchev–Trinajstić information content (AvgIpc) is 2.76. The van der Waals surface area contributed by atoms with E-state index in [0.29, 0.717) is 23.9 Å². The third-order valence-corrected chi connectivity index (χ3v) is 3.19. The maximum atomic E-state index is 5.67. The van der Waals surface area contributed by atoms with Crippen molar-refractivity contribution in [2.75, 3.05) is 18.5 Å². The zero-order chi connectivity index (χ0) is 13.0. The summed E-state index contributed by atoms with van der Waals surface area (Å²) in [5.41, 5.74) is 0. The normalized spacial score (nSPS) is 15.0. The zero-order valence-electron chi connectivity index (χ0n) is 11.7. The molecule has 0 aliphatic rings. The van der Waals surface area contributed by atoms with E-state index >= 15 is 0 Å². The van der Waals surface area contributed by atoms with Gasteiger partial charge < -0.3 is 14.6 Å². The number of hydrogen-bond acceptors (Lipinski definition) is 5. The molecule has 0 spiro atoms. The molecule has 0 aromatic carbocycles. The number of hydrogen-bond donors (Lipinski definition) is 1. The SMILES string of the molecule is CCNC(C)c1nnc(N(C)C(C)C(C)C)o1. The second-order valence-electron chi connectivity index (χ2n) is 4.80. The van der Waals surface area contributed by atoms with Crippen LogP contribution in [0.4, 0.5) is 6.01 Å². The second-order valence-corrected chi connectivity index (χ2v) is 4.80. The van der Waals surface area contributed by atoms with Gasteiger partial charge in [0.05, 0.1) is 6.04 Å². The molecule has 0 saturated heterocycles. The summed E-state index contributed by atoms with van der Waals surface area (Å²) in [5, 5.41) is 11.4. The van der Waals surface area contributed by atoms with E-state index in [9.17, 15) is 0 Å². The van der Waals surface area contributed by atoms with Crippen molar-refractivity contribution >= 4 is 6.01 Å². The van der Waals surface area contributed by atoms with Crippen LogP contribution >= 0.6 is 0 Å². The number of nitrogens with one attached hydrogen (secondary N) is 1. The lowest BCUT2D eigenvalue weighted by atomic mass is 10.1. The third kappa shape index (κ3) is 3.43. The van der Waals surface area contributed by atoms with Crippen molar-refractivity contribution in [3.8, 4) is 0 Å². The standard InChI is InChI=1S/C12H24N4O/c1-7-13-9(4)11-14-15-12(17-11)16(6)10(5)8(2)3/h8-10,13H,7H2,1-6H3. The van der Waals surface area contributed by atoms with Crippen LogP contribution < -0.4 is 10.2 Å². The van der Waals surface area contributed by atoms with Crippen molar-refractivity contribution in [1.29, 1.82) is 0 Å². The van der Waals surface area contributed by atoms with E-state index < -0.39 is 0 Å². The molecule has 0 saturated carbocycles. The van der Waals surface area contributed by atoms with Gasteiger partial charge in [-0.15, -0.1) is 5.10 Å². The summed E-state index contributed by atoms with van der Waals surface area (Å²) in [4.78, 5) is 2.03. The van der Waals surface area contributed by atoms with Crippen molar-refractivity contribution in [3.05, 3.63) is 5.89 Å². The Hall–Kier alpha value is -1.10. The molecule has 98 valence electrons. The number of rotatable bonds is 6. The van der Waals surface area contributed by atoms with Gasteiger partial charge in [-0.25, -0.2) is 0 Å². The monoisotopic (exact) mass is 240 g/mol. The lowest BCUT2D eigenvalue weighted by Gasteiger charge is -2.25. The van der Waals surface area contributed by atoms with E-state index in [2.05, 4.69) is 43.2 Å². The molecular weight excluding hydrogens is 216 g/mol. The highest BCUT2D eigenvalue weighted by atomic mass is 16.4. The summed E-state index contributed by atoms with van der Waals surface area (Å²) in [6.07, 6.45) is 0. The molecule has 0 bridgehead atoms. The van der Waals surface area contributed by atoms with E-state index in [1.807, 2.05) is 18.9 Å². The molecule has 1 rings (SSSR count). The van der Waals surface area contributed by atoms with E-state index in [1.54, 1.807) is 0 Å². The fourth-order valence-corrected chi connectivity index (χ4v) is 1.56. The van der Waals surface area contributed by atoms with Gasteiger partial charge >= 0.3 is 6.01 Å². The molecule has 2 unspecified atom stereocenters. The van der Waals surface area contributed by atoms with Gasteiger partial charge in [-0.05, 0) is 26.3 Å². The molecule has 1 heterocycles. The minimum Gasteiger partial charge on any atom is -0.406 e. The Bertz CT molecular complexity index is 337. The number of anilines is 1. The maximum Gasteiger partial charge on any atom is 0.318 e. The smallest absolute Gasteiger partial charge is 0.318 e. The van der Waals surface area contributed by atoms with Crippen molar-refractivity contribution in [2.24, 2.45) is 5.92 Å². The first kappa shape index (κ1) is 14.0. The summed E-state index contributed by atoms with van der Waals surface area (Å²) < 4.78 is 5.67. The lowest BCUT2D eigenvalue weighted by molar-refractivity contribution is 0.404. The Labute approximate surface area is 104 Å². The largest absolute Gasteiger partial charge is 0.406 e. The minimum atomic E-state index is 0.101. The molecule has 5 heteroatoms. The van der Waals surface area contributed by atoms with Gasteiger partial charge in [0.1, 0.15) is 0 Å². The Morgan fingerprint density at radius 3 is 2.41 bits per heavy atom. The Balaban J connectivity index is 2.73. The molecule has 2 atom stereocenters. The molecule has 0 amide bonds. The topological polar surface area (TPSA) is 54.2 Å². The van der Waals surface area contributed by atoms with Crippen LogP contribution in [0, 0.1) is 5.92 Å². The van der Waals surface area contributed by atoms with Crippen molar-refractivity contribution in [2.45, 2.75) is 46.7 Å². The first-order valence-electron chi connectivity index (χ1n) is 6.27. The van der Waals surface area contributed by atoms with Crippen molar-refractivity contribution in [1.82, 2.24) is 15.5 Å². The highest BCUT2D eigenvalue weighted by Crippen LogP contribution is 2.20. The number of nitrogens with zero attached hydrogens (tertiary/aromatic N) is 3. The third-order valence-electron chi connectivity index (χ3n) is 3.19. The van der Waals surface area contributed by atoms with Crippen LogP contribution in [0.2, 0.25) is 0 Å². The maximum absolute atomic E-state index is 5.67. The second kappa shape index (κ2) is 6.00. The van der Waals surface area contributed by atoms with Crippen LogP contribution in [0.5, 0.6) is 0 Å². The predicted molar refractivity (Wildman–Crippen MR) is 69.1 cm³/mol. The zero-order valence-corrected chi connectivity index (χ0v) is 11.7. The molecule has 1 aromatic heterocycles. The molecule has 0 radical (unpaired) electrons. The highest BCUT2D eigenvalue weighted by Gasteiger charge is 2.20. The molecular formula is C12H24N4O. The average molecular weight is 240 g/mol. The molecule has 1 N–H and O–H groups in total. The van der Waals surface area contributed by atoms with Crippen LogP contribution in [-0.2, 0) is 0 Å². The van der Waals surface area contributed by atoms with Gasteiger partial charge in [0.2, 0.25) is 5.89 Å². The van der Waals surface area contributed by atoms with E-state index in [-0.39, 0.29) is 6.04 Å². The van der Waals surface area contributed by atoms with E-state index in [1.165, 1.54) is 0 Å². The van der Waals surface area contributed by atoms with E-state index in [0.717, 1.165) is 6.54 Å². The lowest BCUT2D eigenvalue weighted by Crippen LogP contribution is -2.33. The van der Waals surface area contributed by atoms with Gasteiger partial charge in [0.25, 0.3) is 0 Å². The van der Waals surface area contributed by atoms with Crippen LogP contribution in [0.3, 0.4) is 0 Å². The van der Waals surface area contributed by atoms with E-state index in [4.69, 9.17) is 4.42 Å². The Morgan fingerprint density at radius 2 is 1.88 bits per heavy atom. The van der Waals surface area contributed by atoms with Gasteiger partial charge in [-0.2, -0.15) is 0 Å². The first-order valence-corrected chi connectivity index (χ1v) is 6.27. The summed E-state index contributed by atoms with van der Waals surface area (Å²) >= 11 is 0. The van der Waals surface area contributed by atoms with Crippen molar-refractivity contribution in [3.63, 3.8) is 0 Å². The minimum absolute atomic E-state index is 0.101. The number of aromatic nitrogens is 2. The molecule has 0 aliphatic heterocycles. The van der Waals surface area contributed by atoms with Gasteiger partial charge in [0.15, 0.2) is 0 Å². The van der Waals surface area contributed by atoms with Crippen LogP contribution in [0.1, 0.15) is 46.6 Å². The van der Waals surface area contributed by atoms with Crippen molar-refractivity contribution < 1.29 is 4.42 Å². The first-order chi connectivity index (χ1) is 7.97. The summed E-state index contributed by atoms with van der Waals surface area (Å²) in [6, 6.07) is 1.06. The molecule has 0 fully saturated rings. The summed E-state index contributed by atoms with van der Waals surface area (Å²) in [7, 11) is 1.99. The van der Waals surface area contributed by atoms with Crippen LogP contribution in [-0.4, -0.2) is 29.8 Å². The van der Waals surface area contributed by atoms with Crippen LogP contribution in [0.25, 0.3) is 0 Å². The van der Waals surface area contributed by atoms with Gasteiger partial charge in [-0.3, -0.25) is 0 Å². The molecule has 17 heavy (non-hydrogen) atoms. The van der Waals surface area contributed by atoms with Crippen LogP contribution in [0.15, 0.2) is 4.42 Å². The fraction of sp³-hybridized carbons (Fsp3) is 0.833. The van der Waals surface area contributed by atoms with Gasteiger partial charge in [-0.1, -0.05) is 25.9 Å². The summed E-state index contributed by atoms with van der Waals surface area (Å²) in [6.45, 7) is 11.5. The molecule has 1 aromatic rings. The quantitative estimate of drug-likeness (QED) is 0.826.